The van der Waals surface area contributed by atoms with Gasteiger partial charge in [-0.15, -0.1) is 0 Å². The summed E-state index contributed by atoms with van der Waals surface area (Å²) in [6.07, 6.45) is 3.32. The van der Waals surface area contributed by atoms with Crippen LogP contribution in [0.1, 0.15) is 31.7 Å². The lowest BCUT2D eigenvalue weighted by Crippen LogP contribution is -2.50. The van der Waals surface area contributed by atoms with Gasteiger partial charge in [-0.3, -0.25) is 0 Å². The second-order valence-electron chi connectivity index (χ2n) is 10.5. The van der Waals surface area contributed by atoms with Crippen molar-refractivity contribution in [2.24, 2.45) is 22.4 Å². The first kappa shape index (κ1) is 27.9. The third-order valence-corrected chi connectivity index (χ3v) is 8.20. The summed E-state index contributed by atoms with van der Waals surface area (Å²) in [5, 5.41) is 5.16. The molecule has 12 heteroatoms. The molecule has 2 unspecified atom stereocenters. The molecule has 2 atom stereocenters. The van der Waals surface area contributed by atoms with Crippen molar-refractivity contribution in [3.05, 3.63) is 42.0 Å². The molecule has 0 radical (unpaired) electrons. The molecule has 0 aliphatic carbocycles. The van der Waals surface area contributed by atoms with Gasteiger partial charge in [-0.05, 0) is 35.4 Å². The van der Waals surface area contributed by atoms with Gasteiger partial charge in [0.2, 0.25) is 0 Å². The first-order valence-electron chi connectivity index (χ1n) is 12.8. The van der Waals surface area contributed by atoms with Gasteiger partial charge in [-0.1, -0.05) is 19.9 Å². The summed E-state index contributed by atoms with van der Waals surface area (Å²) < 4.78 is 42.8. The van der Waals surface area contributed by atoms with E-state index in [4.69, 9.17) is 16.2 Å². The van der Waals surface area contributed by atoms with Crippen molar-refractivity contribution < 1.29 is 17.5 Å². The van der Waals surface area contributed by atoms with Crippen LogP contribution >= 0.6 is 0 Å². The number of sulfone groups is 1. The van der Waals surface area contributed by atoms with Crippen LogP contribution in [0, 0.1) is 5.92 Å². The second kappa shape index (κ2) is 11.3. The molecule has 208 valence electrons. The molecule has 1 aromatic heterocycles. The lowest BCUT2D eigenvalue weighted by Gasteiger charge is -2.41. The van der Waals surface area contributed by atoms with E-state index in [-0.39, 0.29) is 30.1 Å². The number of ether oxygens (including phenoxy) is 1. The van der Waals surface area contributed by atoms with E-state index in [2.05, 4.69) is 46.2 Å². The highest BCUT2D eigenvalue weighted by Crippen LogP contribution is 2.37. The quantitative estimate of drug-likeness (QED) is 0.336. The molecular formula is C26H38FN7O3S. The Labute approximate surface area is 223 Å². The van der Waals surface area contributed by atoms with Crippen molar-refractivity contribution in [1.82, 2.24) is 9.88 Å². The fourth-order valence-electron chi connectivity index (χ4n) is 5.18. The zero-order valence-corrected chi connectivity index (χ0v) is 23.2. The van der Waals surface area contributed by atoms with Crippen molar-refractivity contribution >= 4 is 38.1 Å². The van der Waals surface area contributed by atoms with Crippen LogP contribution in [0.5, 0.6) is 0 Å². The van der Waals surface area contributed by atoms with Gasteiger partial charge in [0.1, 0.15) is 21.8 Å². The lowest BCUT2D eigenvalue weighted by atomic mass is 9.93. The van der Waals surface area contributed by atoms with E-state index in [1.165, 1.54) is 25.1 Å². The predicted octanol–water partition coefficient (Wildman–Crippen LogP) is 2.38. The Kier molecular flexibility index (Phi) is 8.31. The number of aliphatic imine (C=N–C) groups is 1. The summed E-state index contributed by atoms with van der Waals surface area (Å²) in [4.78, 5) is 12.8. The van der Waals surface area contributed by atoms with E-state index in [0.717, 1.165) is 16.5 Å². The van der Waals surface area contributed by atoms with Crippen molar-refractivity contribution in [3.8, 4) is 0 Å². The third-order valence-electron chi connectivity index (χ3n) is 7.13. The molecule has 0 bridgehead atoms. The SMILES string of the molecule is COC1CCN(/C(N)=N/C(=C\N)Nc2cc3c(C(C)C)ccc(N4CC(CS(C)(=O)=O)C4)c3cn2)CC1F. The summed E-state index contributed by atoms with van der Waals surface area (Å²) in [6.45, 7) is 6.28. The zero-order chi connectivity index (χ0) is 27.6. The number of aromatic nitrogens is 1. The van der Waals surface area contributed by atoms with Gasteiger partial charge in [0.15, 0.2) is 11.8 Å². The third kappa shape index (κ3) is 6.29. The van der Waals surface area contributed by atoms with E-state index < -0.39 is 22.1 Å². The number of hydrogen-bond acceptors (Lipinski definition) is 8. The van der Waals surface area contributed by atoms with Gasteiger partial charge >= 0.3 is 0 Å². The molecule has 0 saturated carbocycles. The minimum Gasteiger partial charge on any atom is -0.402 e. The average Bonchev–Trinajstić information content (AvgIpc) is 2.84. The number of benzene rings is 1. The van der Waals surface area contributed by atoms with Crippen LogP contribution in [0.3, 0.4) is 0 Å². The predicted molar refractivity (Wildman–Crippen MR) is 151 cm³/mol. The Morgan fingerprint density at radius 2 is 2.05 bits per heavy atom. The Bertz CT molecular complexity index is 1330. The largest absolute Gasteiger partial charge is 0.402 e. The van der Waals surface area contributed by atoms with Crippen LogP contribution in [0.2, 0.25) is 0 Å². The number of likely N-dealkylation sites (tertiary alicyclic amines) is 1. The molecule has 2 fully saturated rings. The van der Waals surface area contributed by atoms with E-state index in [9.17, 15) is 12.8 Å². The van der Waals surface area contributed by atoms with E-state index in [1.807, 2.05) is 12.3 Å². The average molecular weight is 548 g/mol. The number of anilines is 2. The number of guanidine groups is 1. The number of nitrogens with two attached hydrogens (primary N) is 2. The van der Waals surface area contributed by atoms with Crippen LogP contribution in [0.15, 0.2) is 41.4 Å². The first-order chi connectivity index (χ1) is 18.0. The molecule has 10 nitrogen and oxygen atoms in total. The number of halogens is 1. The molecule has 0 amide bonds. The van der Waals surface area contributed by atoms with Gasteiger partial charge in [0.25, 0.3) is 0 Å². The second-order valence-corrected chi connectivity index (χ2v) is 12.7. The number of nitrogens with zero attached hydrogens (tertiary/aromatic N) is 4. The molecule has 0 spiro atoms. The summed E-state index contributed by atoms with van der Waals surface area (Å²) >= 11 is 0. The smallest absolute Gasteiger partial charge is 0.198 e. The van der Waals surface area contributed by atoms with E-state index >= 15 is 0 Å². The summed E-state index contributed by atoms with van der Waals surface area (Å²) in [5.41, 5.74) is 14.2. The highest BCUT2D eigenvalue weighted by atomic mass is 32.2. The maximum atomic E-state index is 14.3. The van der Waals surface area contributed by atoms with Crippen LogP contribution in [-0.2, 0) is 14.6 Å². The molecule has 2 saturated heterocycles. The van der Waals surface area contributed by atoms with Crippen molar-refractivity contribution in [3.63, 3.8) is 0 Å². The van der Waals surface area contributed by atoms with Crippen LogP contribution in [-0.4, -0.2) is 81.8 Å². The first-order valence-corrected chi connectivity index (χ1v) is 14.8. The molecule has 4 rings (SSSR count). The molecule has 2 aliphatic heterocycles. The lowest BCUT2D eigenvalue weighted by molar-refractivity contribution is -0.00704. The minimum absolute atomic E-state index is 0.0992. The highest BCUT2D eigenvalue weighted by molar-refractivity contribution is 7.90. The Balaban J connectivity index is 1.54. The van der Waals surface area contributed by atoms with Gasteiger partial charge in [0.05, 0.1) is 18.4 Å². The molecule has 1 aromatic carbocycles. The van der Waals surface area contributed by atoms with Crippen LogP contribution in [0.25, 0.3) is 10.8 Å². The summed E-state index contributed by atoms with van der Waals surface area (Å²) in [7, 11) is -1.50. The summed E-state index contributed by atoms with van der Waals surface area (Å²) in [6, 6.07) is 6.16. The number of alkyl halides is 1. The van der Waals surface area contributed by atoms with Gasteiger partial charge < -0.3 is 31.3 Å². The Morgan fingerprint density at radius 3 is 2.66 bits per heavy atom. The van der Waals surface area contributed by atoms with Gasteiger partial charge in [-0.25, -0.2) is 17.8 Å². The van der Waals surface area contributed by atoms with Crippen molar-refractivity contribution in [1.29, 1.82) is 0 Å². The number of fused-ring (bicyclic) bond motifs is 1. The number of pyridine rings is 1. The molecule has 5 N–H and O–H groups in total. The highest BCUT2D eigenvalue weighted by Gasteiger charge is 2.31. The van der Waals surface area contributed by atoms with Crippen molar-refractivity contribution in [2.45, 2.75) is 38.5 Å². The standard InChI is InChI=1S/C26H38FN7O3S/c1-16(2)18-5-6-22(34-12-17(13-34)15-38(4,35)36)20-11-30-24(9-19(18)20)31-25(10-28)32-26(29)33-8-7-23(37-3)21(27)14-33/h5-6,9-11,16-17,21,23H,7-8,12-15,28H2,1-4H3,(H2,29,32)(H,30,31)/b25-10-. The number of hydrogen-bond donors (Lipinski definition) is 3. The molecular weight excluding hydrogens is 509 g/mol. The molecule has 2 aliphatic rings. The maximum absolute atomic E-state index is 14.3. The monoisotopic (exact) mass is 547 g/mol. The van der Waals surface area contributed by atoms with E-state index in [1.54, 1.807) is 4.90 Å². The Morgan fingerprint density at radius 1 is 1.32 bits per heavy atom. The number of nitrogens with one attached hydrogen (secondary N) is 1. The van der Waals surface area contributed by atoms with Gasteiger partial charge in [-0.2, -0.15) is 4.99 Å². The minimum atomic E-state index is -3.00. The number of rotatable bonds is 8. The Hall–Kier alpha value is -3.12. The molecule has 38 heavy (non-hydrogen) atoms. The van der Waals surface area contributed by atoms with Gasteiger partial charge in [0, 0.05) is 62.4 Å². The normalized spacial score (nSPS) is 21.7. The zero-order valence-electron chi connectivity index (χ0n) is 22.4. The fraction of sp³-hybridized carbons (Fsp3) is 0.538. The number of methoxy groups -OCH3 is 1. The van der Waals surface area contributed by atoms with Crippen molar-refractivity contribution in [2.75, 3.05) is 55.5 Å². The maximum Gasteiger partial charge on any atom is 0.198 e. The van der Waals surface area contributed by atoms with E-state index in [0.29, 0.717) is 37.7 Å². The van der Waals surface area contributed by atoms with Crippen LogP contribution < -0.4 is 21.7 Å². The summed E-state index contributed by atoms with van der Waals surface area (Å²) in [5.74, 6) is 1.62. The number of piperidine rings is 1. The van der Waals surface area contributed by atoms with Crippen LogP contribution in [0.4, 0.5) is 15.9 Å². The molecule has 3 heterocycles. The molecule has 2 aromatic rings. The fourth-order valence-corrected chi connectivity index (χ4v) is 6.25. The topological polar surface area (TPSA) is 139 Å².